The molecule has 3 heterocycles. The molecule has 3 aliphatic rings. The van der Waals surface area contributed by atoms with Crippen LogP contribution in [0.4, 0.5) is 0 Å². The molecule has 1 amide bonds. The number of nitrogens with one attached hydrogen (secondary N) is 1. The Morgan fingerprint density at radius 2 is 0.711 bits per heavy atom. The molecule has 97 heavy (non-hydrogen) atoms. The minimum absolute atomic E-state index is 0.251. The lowest BCUT2D eigenvalue weighted by atomic mass is 9.96. The number of carbonyl (C=O) groups is 1. The second kappa shape index (κ2) is 58.9. The summed E-state index contributed by atoms with van der Waals surface area (Å²) >= 11 is 0. The van der Waals surface area contributed by atoms with Gasteiger partial charge < -0.3 is 89.9 Å². The van der Waals surface area contributed by atoms with Gasteiger partial charge in [0, 0.05) is 6.42 Å². The van der Waals surface area contributed by atoms with Gasteiger partial charge in [0.1, 0.15) is 73.2 Å². The number of rotatable bonds is 61. The monoisotopic (exact) mass is 1380 g/mol. The molecule has 3 rings (SSSR count). The maximum Gasteiger partial charge on any atom is 0.220 e. The molecular formula is C78H141NO18. The van der Waals surface area contributed by atoms with Crippen molar-refractivity contribution in [3.63, 3.8) is 0 Å². The number of aliphatic hydroxyl groups excluding tert-OH is 11. The quantitative estimate of drug-likeness (QED) is 0.0199. The van der Waals surface area contributed by atoms with Gasteiger partial charge in [0.05, 0.1) is 38.6 Å². The average molecular weight is 1380 g/mol. The van der Waals surface area contributed by atoms with Crippen molar-refractivity contribution >= 4 is 5.91 Å². The number of hydrogen-bond donors (Lipinski definition) is 12. The van der Waals surface area contributed by atoms with Crippen molar-refractivity contribution in [2.45, 2.75) is 401 Å². The van der Waals surface area contributed by atoms with Gasteiger partial charge in [-0.25, -0.2) is 0 Å². The normalized spacial score (nSPS) is 27.2. The van der Waals surface area contributed by atoms with Gasteiger partial charge in [-0.3, -0.25) is 4.79 Å². The first-order chi connectivity index (χ1) is 47.3. The van der Waals surface area contributed by atoms with Crippen LogP contribution < -0.4 is 5.32 Å². The van der Waals surface area contributed by atoms with E-state index in [2.05, 4.69) is 79.9 Å². The Balaban J connectivity index is 1.39. The molecule has 0 aliphatic carbocycles. The molecule has 3 aliphatic heterocycles. The maximum absolute atomic E-state index is 13.5. The summed E-state index contributed by atoms with van der Waals surface area (Å²) in [7, 11) is 0. The molecule has 0 radical (unpaired) electrons. The zero-order valence-corrected chi connectivity index (χ0v) is 60.3. The van der Waals surface area contributed by atoms with Gasteiger partial charge in [-0.15, -0.1) is 0 Å². The summed E-state index contributed by atoms with van der Waals surface area (Å²) < 4.78 is 34.5. The summed E-state index contributed by atoms with van der Waals surface area (Å²) in [5.41, 5.74) is 0. The van der Waals surface area contributed by atoms with Crippen LogP contribution in [0.25, 0.3) is 0 Å². The van der Waals surface area contributed by atoms with E-state index in [1.165, 1.54) is 161 Å². The highest BCUT2D eigenvalue weighted by Crippen LogP contribution is 2.33. The molecule has 3 fully saturated rings. The van der Waals surface area contributed by atoms with Crippen LogP contribution in [0.5, 0.6) is 0 Å². The van der Waals surface area contributed by atoms with E-state index >= 15 is 0 Å². The summed E-state index contributed by atoms with van der Waals surface area (Å²) in [5, 5.41) is 121. The summed E-state index contributed by atoms with van der Waals surface area (Å²) in [5.74, 6) is -0.252. The Kier molecular flexibility index (Phi) is 53.9. The van der Waals surface area contributed by atoms with E-state index in [-0.39, 0.29) is 18.9 Å². The van der Waals surface area contributed by atoms with Crippen LogP contribution in [-0.2, 0) is 33.2 Å². The molecule has 0 aromatic heterocycles. The first-order valence-corrected chi connectivity index (χ1v) is 39.0. The lowest BCUT2D eigenvalue weighted by Crippen LogP contribution is -2.66. The minimum atomic E-state index is -1.98. The van der Waals surface area contributed by atoms with E-state index in [1.54, 1.807) is 0 Å². The number of allylic oxidation sites excluding steroid dienone is 10. The number of unbranched alkanes of at least 4 members (excludes halogenated alkanes) is 35. The van der Waals surface area contributed by atoms with E-state index in [4.69, 9.17) is 28.4 Å². The van der Waals surface area contributed by atoms with Gasteiger partial charge in [0.25, 0.3) is 0 Å². The molecule has 0 saturated carbocycles. The van der Waals surface area contributed by atoms with Crippen LogP contribution in [0.15, 0.2) is 60.8 Å². The van der Waals surface area contributed by atoms with Crippen LogP contribution in [0.3, 0.4) is 0 Å². The number of hydrogen-bond acceptors (Lipinski definition) is 18. The van der Waals surface area contributed by atoms with E-state index in [0.29, 0.717) is 12.8 Å². The van der Waals surface area contributed by atoms with Gasteiger partial charge in [0.15, 0.2) is 18.9 Å². The third kappa shape index (κ3) is 39.6. The standard InChI is InChI=1S/C78H141NO18/c1-3-5-7-9-11-13-15-17-19-21-23-25-27-28-29-30-31-32-34-35-37-39-41-43-45-47-49-51-53-55-62(83)61(79-66(84)56-54-52-50-48-46-44-42-40-38-36-33-26-24-22-20-18-16-14-12-10-8-6-4-2)60-92-76-72(90)69(87)74(64(58-81)94-76)97-78-73(91)70(88)75(65(59-82)95-78)96-77-71(89)68(86)67(85)63(57-80)93-77/h6,8,12,14,18,20,24,26,36,38,61-65,67-78,80-83,85-91H,3-5,7,9-11,13,15-17,19,21-23,25,27-35,37,39-60H2,1-2H3,(H,79,84)/b8-6-,14-12-,20-18-,26-24-,38-36-. The van der Waals surface area contributed by atoms with Gasteiger partial charge >= 0.3 is 0 Å². The fourth-order valence-electron chi connectivity index (χ4n) is 13.1. The summed E-state index contributed by atoms with van der Waals surface area (Å²) in [4.78, 5) is 13.5. The van der Waals surface area contributed by atoms with Gasteiger partial charge in [0.2, 0.25) is 5.91 Å². The van der Waals surface area contributed by atoms with Gasteiger partial charge in [-0.2, -0.15) is 0 Å². The van der Waals surface area contributed by atoms with Crippen molar-refractivity contribution in [2.75, 3.05) is 26.4 Å². The van der Waals surface area contributed by atoms with Crippen LogP contribution in [-0.4, -0.2) is 193 Å². The Morgan fingerprint density at radius 3 is 1.11 bits per heavy atom. The molecule has 17 atom stereocenters. The van der Waals surface area contributed by atoms with Crippen molar-refractivity contribution in [1.82, 2.24) is 5.32 Å². The number of ether oxygens (including phenoxy) is 6. The molecule has 0 spiro atoms. The van der Waals surface area contributed by atoms with Crippen molar-refractivity contribution < 1.29 is 89.4 Å². The molecule has 566 valence electrons. The Hall–Kier alpha value is -2.51. The average Bonchev–Trinajstić information content (AvgIpc) is 0.826. The Labute approximate surface area is 586 Å². The maximum atomic E-state index is 13.5. The highest BCUT2D eigenvalue weighted by molar-refractivity contribution is 5.76. The number of amides is 1. The van der Waals surface area contributed by atoms with E-state index in [1.807, 2.05) is 0 Å². The zero-order valence-electron chi connectivity index (χ0n) is 60.3. The third-order valence-corrected chi connectivity index (χ3v) is 19.4. The van der Waals surface area contributed by atoms with Crippen molar-refractivity contribution in [3.05, 3.63) is 60.8 Å². The van der Waals surface area contributed by atoms with Crippen LogP contribution >= 0.6 is 0 Å². The summed E-state index contributed by atoms with van der Waals surface area (Å²) in [6.45, 7) is 1.71. The van der Waals surface area contributed by atoms with Crippen LogP contribution in [0.2, 0.25) is 0 Å². The molecule has 17 unspecified atom stereocenters. The minimum Gasteiger partial charge on any atom is -0.394 e. The Morgan fingerprint density at radius 1 is 0.381 bits per heavy atom. The zero-order chi connectivity index (χ0) is 70.4. The first-order valence-electron chi connectivity index (χ1n) is 39.0. The molecule has 3 saturated heterocycles. The molecule has 19 nitrogen and oxygen atoms in total. The highest BCUT2D eigenvalue weighted by atomic mass is 16.8. The lowest BCUT2D eigenvalue weighted by Gasteiger charge is -2.48. The highest BCUT2D eigenvalue weighted by Gasteiger charge is 2.54. The third-order valence-electron chi connectivity index (χ3n) is 19.4. The lowest BCUT2D eigenvalue weighted by molar-refractivity contribution is -0.379. The van der Waals surface area contributed by atoms with Gasteiger partial charge in [-0.1, -0.05) is 293 Å². The van der Waals surface area contributed by atoms with E-state index in [0.717, 1.165) is 103 Å². The topological polar surface area (TPSA) is 307 Å². The molecule has 12 N–H and O–H groups in total. The molecule has 19 heteroatoms. The summed E-state index contributed by atoms with van der Waals surface area (Å²) in [6, 6.07) is -0.899. The van der Waals surface area contributed by atoms with Gasteiger partial charge in [-0.05, 0) is 57.8 Å². The molecular weight excluding hydrogens is 1240 g/mol. The number of aliphatic hydroxyl groups is 11. The second-order valence-corrected chi connectivity index (χ2v) is 27.8. The predicted octanol–water partition coefficient (Wildman–Crippen LogP) is 12.3. The Bertz CT molecular complexity index is 1990. The van der Waals surface area contributed by atoms with E-state index in [9.17, 15) is 61.0 Å². The van der Waals surface area contributed by atoms with Crippen molar-refractivity contribution in [3.8, 4) is 0 Å². The second-order valence-electron chi connectivity index (χ2n) is 27.8. The molecule has 0 aromatic carbocycles. The van der Waals surface area contributed by atoms with Crippen molar-refractivity contribution in [1.29, 1.82) is 0 Å². The fourth-order valence-corrected chi connectivity index (χ4v) is 13.1. The molecule has 0 aromatic rings. The first kappa shape index (κ1) is 88.7. The van der Waals surface area contributed by atoms with E-state index < -0.39 is 124 Å². The van der Waals surface area contributed by atoms with Crippen LogP contribution in [0.1, 0.15) is 296 Å². The molecule has 0 bridgehead atoms. The smallest absolute Gasteiger partial charge is 0.220 e. The number of carbonyl (C=O) groups excluding carboxylic acids is 1. The SMILES string of the molecule is CC/C=C\C/C=C\C/C=C\C/C=C\C/C=C\CCCCCCCCCC(=O)NC(COC1OC(CO)C(OC2OC(CO)C(OC3OC(CO)C(O)C(O)C3O)C(O)C2O)C(O)C1O)C(O)CCCCCCCCCCCCCCCCCCCCCCCCCCCCCCC. The van der Waals surface area contributed by atoms with Crippen LogP contribution in [0, 0.1) is 0 Å². The predicted molar refractivity (Wildman–Crippen MR) is 383 cm³/mol. The van der Waals surface area contributed by atoms with Crippen molar-refractivity contribution in [2.24, 2.45) is 0 Å². The largest absolute Gasteiger partial charge is 0.394 e. The summed E-state index contributed by atoms with van der Waals surface area (Å²) in [6.07, 6.45) is 47.3. The fraction of sp³-hybridized carbons (Fsp3) is 0.859.